The van der Waals surface area contributed by atoms with Crippen molar-refractivity contribution in [1.29, 1.82) is 0 Å². The Kier molecular flexibility index (Phi) is 4.52. The second-order valence-electron chi connectivity index (χ2n) is 7.68. The molecule has 0 amide bonds. The van der Waals surface area contributed by atoms with Gasteiger partial charge in [-0.05, 0) is 80.1 Å². The number of nitrogens with zero attached hydrogens (tertiary/aromatic N) is 2. The zero-order valence-corrected chi connectivity index (χ0v) is 16.6. The van der Waals surface area contributed by atoms with Crippen molar-refractivity contribution in [3.8, 4) is 5.69 Å². The molecule has 3 aromatic rings. The highest BCUT2D eigenvalue weighted by atomic mass is 32.1. The van der Waals surface area contributed by atoms with Gasteiger partial charge in [-0.3, -0.25) is 0 Å². The zero-order valence-electron chi connectivity index (χ0n) is 15.7. The van der Waals surface area contributed by atoms with E-state index in [1.807, 2.05) is 16.9 Å². The molecule has 27 heavy (non-hydrogen) atoms. The van der Waals surface area contributed by atoms with Crippen LogP contribution in [0.1, 0.15) is 47.4 Å². The molecule has 2 heterocycles. The molecule has 140 valence electrons. The van der Waals surface area contributed by atoms with Crippen LogP contribution in [0.4, 0.5) is 4.39 Å². The van der Waals surface area contributed by atoms with E-state index in [2.05, 4.69) is 38.0 Å². The predicted octanol–water partition coefficient (Wildman–Crippen LogP) is 5.47. The van der Waals surface area contributed by atoms with Gasteiger partial charge in [0, 0.05) is 9.75 Å². The van der Waals surface area contributed by atoms with Gasteiger partial charge in [-0.15, -0.1) is 11.3 Å². The Bertz CT molecular complexity index is 1000. The van der Waals surface area contributed by atoms with E-state index in [1.165, 1.54) is 22.6 Å². The van der Waals surface area contributed by atoms with Gasteiger partial charge in [0.05, 0.1) is 23.7 Å². The molecule has 2 atom stereocenters. The van der Waals surface area contributed by atoms with Crippen LogP contribution in [0, 0.1) is 18.2 Å². The Balaban J connectivity index is 1.63. The summed E-state index contributed by atoms with van der Waals surface area (Å²) in [7, 11) is 0. The van der Waals surface area contributed by atoms with E-state index in [0.717, 1.165) is 28.2 Å². The molecular weight excluding hydrogens is 359 g/mol. The number of thiophene rings is 1. The normalized spacial score (nSPS) is 20.3. The standard InChI is InChI=1S/C22H23FN2OS/c1-14-10-19-16(13-24-25(19)18-7-5-17(23)6-8-18)11-22(14,3)12-20(26)21-9-4-15(2)27-21/h4-10,13,20,26H,11-12H2,1-3H3/t20?,22-/m0/s1. The molecular formula is C22H23FN2OS. The van der Waals surface area contributed by atoms with Crippen LogP contribution >= 0.6 is 11.3 Å². The molecule has 1 aliphatic carbocycles. The van der Waals surface area contributed by atoms with Crippen LogP contribution in [-0.2, 0) is 6.42 Å². The van der Waals surface area contributed by atoms with Gasteiger partial charge in [-0.2, -0.15) is 5.10 Å². The van der Waals surface area contributed by atoms with Crippen LogP contribution in [0.3, 0.4) is 0 Å². The molecule has 0 saturated heterocycles. The average Bonchev–Trinajstić information content (AvgIpc) is 3.22. The minimum atomic E-state index is -0.467. The molecule has 0 saturated carbocycles. The second kappa shape index (κ2) is 6.73. The molecule has 0 bridgehead atoms. The molecule has 0 radical (unpaired) electrons. The van der Waals surface area contributed by atoms with Crippen molar-refractivity contribution in [2.75, 3.05) is 0 Å². The molecule has 0 aliphatic heterocycles. The van der Waals surface area contributed by atoms with Gasteiger partial charge < -0.3 is 5.11 Å². The highest BCUT2D eigenvalue weighted by molar-refractivity contribution is 7.12. The first-order valence-corrected chi connectivity index (χ1v) is 9.93. The number of rotatable bonds is 4. The summed E-state index contributed by atoms with van der Waals surface area (Å²) < 4.78 is 15.1. The average molecular weight is 383 g/mol. The van der Waals surface area contributed by atoms with E-state index >= 15 is 0 Å². The lowest BCUT2D eigenvalue weighted by atomic mass is 9.70. The van der Waals surface area contributed by atoms with Gasteiger partial charge in [0.15, 0.2) is 0 Å². The largest absolute Gasteiger partial charge is 0.388 e. The lowest BCUT2D eigenvalue weighted by Gasteiger charge is -2.35. The van der Waals surface area contributed by atoms with E-state index in [0.29, 0.717) is 6.42 Å². The summed E-state index contributed by atoms with van der Waals surface area (Å²) in [5, 5.41) is 15.3. The van der Waals surface area contributed by atoms with E-state index in [-0.39, 0.29) is 11.2 Å². The van der Waals surface area contributed by atoms with Gasteiger partial charge in [0.1, 0.15) is 5.82 Å². The maximum absolute atomic E-state index is 13.2. The summed E-state index contributed by atoms with van der Waals surface area (Å²) in [5.41, 5.74) is 4.15. The quantitative estimate of drug-likeness (QED) is 0.650. The number of allylic oxidation sites excluding steroid dienone is 1. The highest BCUT2D eigenvalue weighted by Crippen LogP contribution is 2.45. The monoisotopic (exact) mass is 382 g/mol. The van der Waals surface area contributed by atoms with Gasteiger partial charge in [0.2, 0.25) is 0 Å². The molecule has 0 fully saturated rings. The number of hydrogen-bond acceptors (Lipinski definition) is 3. The fourth-order valence-corrected chi connectivity index (χ4v) is 4.67. The van der Waals surface area contributed by atoms with Crippen LogP contribution in [0.15, 0.2) is 48.2 Å². The number of aliphatic hydroxyl groups excluding tert-OH is 1. The summed E-state index contributed by atoms with van der Waals surface area (Å²) in [6.45, 7) is 6.39. The molecule has 2 aromatic heterocycles. The maximum atomic E-state index is 13.2. The number of benzene rings is 1. The summed E-state index contributed by atoms with van der Waals surface area (Å²) in [6, 6.07) is 10.5. The number of aliphatic hydroxyl groups is 1. The third-order valence-corrected chi connectivity index (χ3v) is 6.68. The van der Waals surface area contributed by atoms with Crippen molar-refractivity contribution in [2.45, 2.75) is 39.7 Å². The Morgan fingerprint density at radius 2 is 1.96 bits per heavy atom. The number of aryl methyl sites for hydroxylation is 1. The lowest BCUT2D eigenvalue weighted by molar-refractivity contribution is 0.124. The Labute approximate surface area is 162 Å². The molecule has 1 unspecified atom stereocenters. The molecule has 1 aromatic carbocycles. The third kappa shape index (κ3) is 3.37. The van der Waals surface area contributed by atoms with Crippen LogP contribution in [-0.4, -0.2) is 14.9 Å². The van der Waals surface area contributed by atoms with E-state index in [4.69, 9.17) is 0 Å². The summed E-state index contributed by atoms with van der Waals surface area (Å²) in [6.07, 6.45) is 5.08. The minimum Gasteiger partial charge on any atom is -0.388 e. The van der Waals surface area contributed by atoms with Crippen LogP contribution in [0.25, 0.3) is 11.8 Å². The van der Waals surface area contributed by atoms with Crippen molar-refractivity contribution in [1.82, 2.24) is 9.78 Å². The first-order valence-electron chi connectivity index (χ1n) is 9.12. The summed E-state index contributed by atoms with van der Waals surface area (Å²) >= 11 is 1.66. The topological polar surface area (TPSA) is 38.0 Å². The number of hydrogen-bond donors (Lipinski definition) is 1. The first kappa shape index (κ1) is 18.1. The first-order chi connectivity index (χ1) is 12.9. The minimum absolute atomic E-state index is 0.124. The highest BCUT2D eigenvalue weighted by Gasteiger charge is 2.35. The van der Waals surface area contributed by atoms with Gasteiger partial charge in [0.25, 0.3) is 0 Å². The van der Waals surface area contributed by atoms with Crippen LogP contribution < -0.4 is 0 Å². The number of halogens is 1. The summed E-state index contributed by atoms with van der Waals surface area (Å²) in [4.78, 5) is 2.24. The van der Waals surface area contributed by atoms with E-state index in [9.17, 15) is 9.50 Å². The Morgan fingerprint density at radius 1 is 1.22 bits per heavy atom. The van der Waals surface area contributed by atoms with Gasteiger partial charge in [-0.1, -0.05) is 12.5 Å². The third-order valence-electron chi connectivity index (χ3n) is 5.58. The molecule has 0 spiro atoms. The van der Waals surface area contributed by atoms with Crippen molar-refractivity contribution in [3.05, 3.63) is 75.0 Å². The molecule has 1 N–H and O–H groups in total. The van der Waals surface area contributed by atoms with Crippen molar-refractivity contribution in [2.24, 2.45) is 5.41 Å². The van der Waals surface area contributed by atoms with Crippen molar-refractivity contribution < 1.29 is 9.50 Å². The van der Waals surface area contributed by atoms with E-state index < -0.39 is 6.10 Å². The van der Waals surface area contributed by atoms with Crippen LogP contribution in [0.2, 0.25) is 0 Å². The number of fused-ring (bicyclic) bond motifs is 1. The van der Waals surface area contributed by atoms with Crippen molar-refractivity contribution in [3.63, 3.8) is 0 Å². The molecule has 4 rings (SSSR count). The molecule has 1 aliphatic rings. The zero-order chi connectivity index (χ0) is 19.2. The van der Waals surface area contributed by atoms with Crippen LogP contribution in [0.5, 0.6) is 0 Å². The lowest BCUT2D eigenvalue weighted by Crippen LogP contribution is -2.27. The Hall–Kier alpha value is -2.24. The molecule has 5 heteroatoms. The Morgan fingerprint density at radius 3 is 2.63 bits per heavy atom. The SMILES string of the molecule is CC1=Cc2c(cnn2-c2ccc(F)cc2)C[C@@]1(C)CC(O)c1ccc(C)s1. The fraction of sp³-hybridized carbons (Fsp3) is 0.318. The predicted molar refractivity (Wildman–Crippen MR) is 108 cm³/mol. The maximum Gasteiger partial charge on any atom is 0.123 e. The second-order valence-corrected chi connectivity index (χ2v) is 9.00. The summed E-state index contributed by atoms with van der Waals surface area (Å²) in [5.74, 6) is -0.253. The van der Waals surface area contributed by atoms with Crippen molar-refractivity contribution >= 4 is 17.4 Å². The molecule has 3 nitrogen and oxygen atoms in total. The fourth-order valence-electron chi connectivity index (χ4n) is 3.80. The van der Waals surface area contributed by atoms with E-state index in [1.54, 1.807) is 23.5 Å². The smallest absolute Gasteiger partial charge is 0.123 e. The number of aromatic nitrogens is 2. The van der Waals surface area contributed by atoms with Gasteiger partial charge in [-0.25, -0.2) is 9.07 Å². The van der Waals surface area contributed by atoms with Gasteiger partial charge >= 0.3 is 0 Å².